The maximum Gasteiger partial charge on any atom is 0.487 e. The highest BCUT2D eigenvalue weighted by atomic mass is 127. The van der Waals surface area contributed by atoms with E-state index >= 15 is 4.39 Å². The number of fused-ring (bicyclic) bond motifs is 1. The maximum absolute atomic E-state index is 16.4. The van der Waals surface area contributed by atoms with E-state index in [2.05, 4.69) is 37.7 Å². The summed E-state index contributed by atoms with van der Waals surface area (Å²) in [4.78, 5) is 2.33. The lowest BCUT2D eigenvalue weighted by Crippen LogP contribution is -2.41. The van der Waals surface area contributed by atoms with Crippen LogP contribution in [0.2, 0.25) is 0 Å². The van der Waals surface area contributed by atoms with Crippen molar-refractivity contribution in [2.75, 3.05) is 32.9 Å². The minimum absolute atomic E-state index is 0.0141. The third-order valence-electron chi connectivity index (χ3n) is 10.7. The largest absolute Gasteiger partial charge is 0.487 e. The Balaban J connectivity index is 1.17. The summed E-state index contributed by atoms with van der Waals surface area (Å²) < 4.78 is 53.5. The molecule has 16 heteroatoms. The highest BCUT2D eigenvalue weighted by molar-refractivity contribution is 14.1. The van der Waals surface area contributed by atoms with Gasteiger partial charge in [0.1, 0.15) is 11.9 Å². The van der Waals surface area contributed by atoms with Crippen LogP contribution in [0.15, 0.2) is 24.3 Å². The number of ether oxygens (including phenoxy) is 3. The molecule has 3 saturated heterocycles. The molecule has 53 heavy (non-hydrogen) atoms. The molecule has 13 nitrogen and oxygen atoms in total. The Bertz CT molecular complexity index is 1940. The quantitative estimate of drug-likeness (QED) is 0.131. The van der Waals surface area contributed by atoms with Gasteiger partial charge in [-0.2, -0.15) is 5.10 Å². The van der Waals surface area contributed by atoms with Crippen molar-refractivity contribution in [3.05, 3.63) is 45.1 Å². The number of hydrogen-bond donors (Lipinski definition) is 1. The molecule has 0 radical (unpaired) electrons. The summed E-state index contributed by atoms with van der Waals surface area (Å²) in [6.07, 6.45) is 7.84. The predicted molar refractivity (Wildman–Crippen MR) is 208 cm³/mol. The van der Waals surface area contributed by atoms with Gasteiger partial charge in [-0.3, -0.25) is 14.3 Å². The maximum atomic E-state index is 16.4. The number of aryl methyl sites for hydroxylation is 1. The van der Waals surface area contributed by atoms with Gasteiger partial charge >= 0.3 is 7.12 Å². The minimum Gasteiger partial charge on any atom is -0.476 e. The van der Waals surface area contributed by atoms with Crippen molar-refractivity contribution in [1.82, 2.24) is 34.2 Å². The van der Waals surface area contributed by atoms with Gasteiger partial charge in [0.15, 0.2) is 6.23 Å². The van der Waals surface area contributed by atoms with Crippen molar-refractivity contribution < 1.29 is 33.0 Å². The summed E-state index contributed by atoms with van der Waals surface area (Å²) >= 11 is 2.28. The lowest BCUT2D eigenvalue weighted by molar-refractivity contribution is -0.0367. The highest BCUT2D eigenvalue weighted by Gasteiger charge is 2.50. The number of halogens is 2. The van der Waals surface area contributed by atoms with Crippen LogP contribution in [0.3, 0.4) is 0 Å². The molecule has 2 atom stereocenters. The van der Waals surface area contributed by atoms with Crippen LogP contribution in [0.1, 0.15) is 84.3 Å². The lowest BCUT2D eigenvalue weighted by atomic mass is 9.89. The van der Waals surface area contributed by atoms with Gasteiger partial charge in [0.05, 0.1) is 57.0 Å². The molecule has 3 fully saturated rings. The van der Waals surface area contributed by atoms with Crippen LogP contribution >= 0.6 is 22.6 Å². The van der Waals surface area contributed by atoms with Crippen molar-refractivity contribution in [3.8, 4) is 22.9 Å². The minimum atomic E-state index is -0.551. The summed E-state index contributed by atoms with van der Waals surface area (Å²) in [6, 6.07) is 3.40. The first kappa shape index (κ1) is 38.3. The number of aliphatic hydroxyl groups is 1. The van der Waals surface area contributed by atoms with Gasteiger partial charge in [-0.1, -0.05) is 5.98 Å². The molecule has 0 bridgehead atoms. The topological polar surface area (TPSA) is 123 Å². The molecule has 0 aliphatic carbocycles. The second-order valence-corrected chi connectivity index (χ2v) is 16.1. The van der Waals surface area contributed by atoms with E-state index in [0.717, 1.165) is 53.3 Å². The van der Waals surface area contributed by atoms with Crippen molar-refractivity contribution in [1.29, 1.82) is 0 Å². The molecule has 3 aromatic heterocycles. The van der Waals surface area contributed by atoms with Crippen LogP contribution < -0.4 is 9.47 Å². The van der Waals surface area contributed by atoms with Crippen molar-refractivity contribution in [2.24, 2.45) is 7.05 Å². The number of rotatable bonds is 12. The Morgan fingerprint density at radius 2 is 1.85 bits per heavy atom. The van der Waals surface area contributed by atoms with Crippen LogP contribution in [0.25, 0.3) is 28.1 Å². The van der Waals surface area contributed by atoms with Gasteiger partial charge in [0.2, 0.25) is 11.8 Å². The van der Waals surface area contributed by atoms with Crippen LogP contribution in [0.5, 0.6) is 11.8 Å². The van der Waals surface area contributed by atoms with Gasteiger partial charge in [0, 0.05) is 50.0 Å². The van der Waals surface area contributed by atoms with Gasteiger partial charge in [-0.15, -0.1) is 10.2 Å². The zero-order chi connectivity index (χ0) is 37.5. The Kier molecular flexibility index (Phi) is 11.3. The summed E-state index contributed by atoms with van der Waals surface area (Å²) in [6.45, 7) is 13.7. The van der Waals surface area contributed by atoms with Crippen LogP contribution in [-0.4, -0.2) is 96.7 Å². The second-order valence-electron chi connectivity index (χ2n) is 15.1. The number of nitrogens with zero attached hydrogens (tertiary/aromatic N) is 7. The van der Waals surface area contributed by atoms with Crippen molar-refractivity contribution >= 4 is 46.7 Å². The molecule has 0 spiro atoms. The molecule has 7 rings (SSSR count). The SMILES string of the molecule is CCOc1nn(CCO)c(CN2CCC[C@@H](Oc3nn(C)cc3-c3cc4c(/C=C/B5OC(C)(C)C(C)(C)O5)nn([C@H]5CCCCO5)c4cc3F)C2)c1I. The van der Waals surface area contributed by atoms with Crippen LogP contribution in [0, 0.1) is 9.39 Å². The first-order valence-corrected chi connectivity index (χ1v) is 19.7. The Labute approximate surface area is 324 Å². The Morgan fingerprint density at radius 3 is 2.57 bits per heavy atom. The van der Waals surface area contributed by atoms with Gasteiger partial charge in [0.25, 0.3) is 0 Å². The molecule has 6 heterocycles. The molecule has 1 N–H and O–H groups in total. The lowest BCUT2D eigenvalue weighted by Gasteiger charge is -2.32. The average molecular weight is 846 g/mol. The fraction of sp³-hybridized carbons (Fsp3) is 0.595. The van der Waals surface area contributed by atoms with E-state index in [1.54, 1.807) is 16.9 Å². The molecule has 0 unspecified atom stereocenters. The van der Waals surface area contributed by atoms with Gasteiger partial charge in [-0.25, -0.2) is 9.07 Å². The monoisotopic (exact) mass is 845 g/mol. The summed E-state index contributed by atoms with van der Waals surface area (Å²) in [7, 11) is 1.27. The number of likely N-dealkylation sites (tertiary alicyclic amines) is 1. The number of aliphatic hydroxyl groups excluding tert-OH is 1. The second kappa shape index (κ2) is 15.6. The number of aromatic nitrogens is 6. The smallest absolute Gasteiger partial charge is 0.476 e. The predicted octanol–water partition coefficient (Wildman–Crippen LogP) is 6.16. The molecule has 3 aliphatic heterocycles. The summed E-state index contributed by atoms with van der Waals surface area (Å²) in [5, 5.41) is 24.7. The van der Waals surface area contributed by atoms with E-state index in [1.165, 1.54) is 0 Å². The first-order chi connectivity index (χ1) is 25.4. The van der Waals surface area contributed by atoms with Crippen molar-refractivity contribution in [3.63, 3.8) is 0 Å². The zero-order valence-electron chi connectivity index (χ0n) is 31.5. The Morgan fingerprint density at radius 1 is 1.06 bits per heavy atom. The van der Waals surface area contributed by atoms with E-state index < -0.39 is 24.1 Å². The molecule has 3 aliphatic rings. The number of benzene rings is 1. The van der Waals surface area contributed by atoms with E-state index in [9.17, 15) is 5.11 Å². The van der Waals surface area contributed by atoms with Gasteiger partial charge in [-0.05, 0) is 108 Å². The molecule has 0 amide bonds. The molecule has 0 saturated carbocycles. The number of hydrogen-bond acceptors (Lipinski definition) is 10. The summed E-state index contributed by atoms with van der Waals surface area (Å²) in [5.74, 6) is 2.45. The Hall–Kier alpha value is -3.03. The number of piperidine rings is 1. The third-order valence-corrected chi connectivity index (χ3v) is 11.8. The van der Waals surface area contributed by atoms with Crippen LogP contribution in [0.4, 0.5) is 4.39 Å². The normalized spacial score (nSPS) is 22.0. The molecular formula is C37H50BFIN7O6. The summed E-state index contributed by atoms with van der Waals surface area (Å²) in [5.41, 5.74) is 2.33. The highest BCUT2D eigenvalue weighted by Crippen LogP contribution is 2.39. The van der Waals surface area contributed by atoms with E-state index in [1.807, 2.05) is 69.1 Å². The van der Waals surface area contributed by atoms with E-state index in [0.29, 0.717) is 66.9 Å². The first-order valence-electron chi connectivity index (χ1n) is 18.7. The van der Waals surface area contributed by atoms with E-state index in [4.69, 9.17) is 28.6 Å². The average Bonchev–Trinajstić information content (AvgIpc) is 3.81. The van der Waals surface area contributed by atoms with Crippen LogP contribution in [-0.2, 0) is 34.2 Å². The molecule has 4 aromatic rings. The fourth-order valence-corrected chi connectivity index (χ4v) is 7.97. The molecule has 1 aromatic carbocycles. The standard InChI is InChI=1S/C37H50BFIN7O6/c1-7-49-35-33(40)31(46(43-35)16-17-48)23-45-15-10-11-24(21-45)51-34-27(22-44(6)42-34)25-19-26-29(13-14-38-52-36(2,3)37(4,5)53-38)41-47(30(26)20-28(25)39)32-12-8-9-18-50-32/h13-14,19-20,22,24,32,48H,7-12,15-18,21,23H2,1-6H3/b14-13+/t24-,32-/m1/s1. The van der Waals surface area contributed by atoms with Crippen molar-refractivity contribution in [2.45, 2.75) is 103 Å². The zero-order valence-corrected chi connectivity index (χ0v) is 33.6. The van der Waals surface area contributed by atoms with E-state index in [-0.39, 0.29) is 18.9 Å². The molecule has 286 valence electrons. The third kappa shape index (κ3) is 7.90. The fourth-order valence-electron chi connectivity index (χ4n) is 7.26. The van der Waals surface area contributed by atoms with Gasteiger partial charge < -0.3 is 28.6 Å². The molecular weight excluding hydrogens is 795 g/mol.